The first-order valence-corrected chi connectivity index (χ1v) is 3.16. The smallest absolute Gasteiger partial charge is 0.222 e. The monoisotopic (exact) mass is 154 g/mol. The van der Waals surface area contributed by atoms with Crippen LogP contribution in [0.1, 0.15) is 6.92 Å². The van der Waals surface area contributed by atoms with Crippen LogP contribution in [0.3, 0.4) is 0 Å². The minimum Gasteiger partial charge on any atom is -0.394 e. The Kier molecular flexibility index (Phi) is 1.80. The molecular formula is C6H10N4O. The Morgan fingerprint density at radius 2 is 2.45 bits per heavy atom. The largest absolute Gasteiger partial charge is 0.394 e. The van der Waals surface area contributed by atoms with Crippen LogP contribution in [0.2, 0.25) is 0 Å². The number of anilines is 2. The molecule has 0 radical (unpaired) electrons. The van der Waals surface area contributed by atoms with Gasteiger partial charge in [-0.15, -0.1) is 0 Å². The minimum atomic E-state index is -0.152. The lowest BCUT2D eigenvalue weighted by molar-refractivity contribution is -0.114. The van der Waals surface area contributed by atoms with Gasteiger partial charge in [-0.3, -0.25) is 9.48 Å². The number of amides is 1. The molecule has 1 amide bonds. The van der Waals surface area contributed by atoms with Gasteiger partial charge < -0.3 is 11.1 Å². The number of nitrogen functional groups attached to an aromatic ring is 1. The van der Waals surface area contributed by atoms with Crippen molar-refractivity contribution < 1.29 is 4.79 Å². The molecule has 0 saturated carbocycles. The lowest BCUT2D eigenvalue weighted by Crippen LogP contribution is -2.11. The van der Waals surface area contributed by atoms with Crippen LogP contribution < -0.4 is 11.1 Å². The third-order valence-electron chi connectivity index (χ3n) is 1.26. The molecule has 3 N–H and O–H groups in total. The van der Waals surface area contributed by atoms with Crippen molar-refractivity contribution in [3.8, 4) is 0 Å². The molecule has 0 aromatic carbocycles. The summed E-state index contributed by atoms with van der Waals surface area (Å²) in [5, 5.41) is 6.40. The van der Waals surface area contributed by atoms with Crippen LogP contribution in [0.25, 0.3) is 0 Å². The summed E-state index contributed by atoms with van der Waals surface area (Å²) >= 11 is 0. The molecule has 60 valence electrons. The van der Waals surface area contributed by atoms with Crippen molar-refractivity contribution in [2.75, 3.05) is 11.1 Å². The van der Waals surface area contributed by atoms with E-state index >= 15 is 0 Å². The summed E-state index contributed by atoms with van der Waals surface area (Å²) in [5.41, 5.74) is 5.97. The predicted molar refractivity (Wildman–Crippen MR) is 41.9 cm³/mol. The van der Waals surface area contributed by atoms with Crippen molar-refractivity contribution in [2.24, 2.45) is 7.05 Å². The van der Waals surface area contributed by atoms with Crippen LogP contribution in [0.4, 0.5) is 11.5 Å². The Morgan fingerprint density at radius 1 is 1.82 bits per heavy atom. The van der Waals surface area contributed by atoms with Crippen molar-refractivity contribution >= 4 is 17.4 Å². The van der Waals surface area contributed by atoms with Crippen LogP contribution in [-0.4, -0.2) is 15.7 Å². The van der Waals surface area contributed by atoms with E-state index in [-0.39, 0.29) is 5.91 Å². The molecule has 0 spiro atoms. The second-order valence-electron chi connectivity index (χ2n) is 2.25. The highest BCUT2D eigenvalue weighted by molar-refractivity contribution is 5.90. The summed E-state index contributed by atoms with van der Waals surface area (Å²) in [6.45, 7) is 1.42. The summed E-state index contributed by atoms with van der Waals surface area (Å²) in [5.74, 6) is 0.387. The van der Waals surface area contributed by atoms with Crippen molar-refractivity contribution in [3.05, 3.63) is 6.20 Å². The molecule has 0 aliphatic heterocycles. The average Bonchev–Trinajstić information content (AvgIpc) is 2.18. The fraction of sp³-hybridized carbons (Fsp3) is 0.333. The normalized spacial score (nSPS) is 9.64. The molecule has 11 heavy (non-hydrogen) atoms. The highest BCUT2D eigenvalue weighted by atomic mass is 16.1. The maximum atomic E-state index is 10.6. The molecule has 5 heteroatoms. The van der Waals surface area contributed by atoms with Gasteiger partial charge in [-0.05, 0) is 0 Å². The third kappa shape index (κ3) is 1.49. The van der Waals surface area contributed by atoms with Crippen molar-refractivity contribution in [3.63, 3.8) is 0 Å². The second-order valence-corrected chi connectivity index (χ2v) is 2.25. The Bertz CT molecular complexity index is 259. The maximum Gasteiger partial charge on any atom is 0.222 e. The predicted octanol–water partition coefficient (Wildman–Crippen LogP) is -0.0393. The number of carbonyl (C=O) groups is 1. The van der Waals surface area contributed by atoms with Gasteiger partial charge >= 0.3 is 0 Å². The zero-order valence-corrected chi connectivity index (χ0v) is 6.46. The Morgan fingerprint density at radius 3 is 2.82 bits per heavy atom. The van der Waals surface area contributed by atoms with Gasteiger partial charge in [0.05, 0.1) is 11.9 Å². The molecule has 5 nitrogen and oxygen atoms in total. The molecule has 0 aliphatic rings. The van der Waals surface area contributed by atoms with E-state index in [1.54, 1.807) is 7.05 Å². The molecular weight excluding hydrogens is 144 g/mol. The Balaban J connectivity index is 2.92. The highest BCUT2D eigenvalue weighted by Crippen LogP contribution is 2.14. The molecule has 0 saturated heterocycles. The van der Waals surface area contributed by atoms with E-state index < -0.39 is 0 Å². The Labute approximate surface area is 64.2 Å². The number of nitrogens with one attached hydrogen (secondary N) is 1. The van der Waals surface area contributed by atoms with Crippen molar-refractivity contribution in [2.45, 2.75) is 6.92 Å². The van der Waals surface area contributed by atoms with E-state index in [2.05, 4.69) is 10.4 Å². The zero-order valence-electron chi connectivity index (χ0n) is 6.46. The number of carbonyl (C=O) groups excluding carboxylic acids is 1. The summed E-state index contributed by atoms with van der Waals surface area (Å²) < 4.78 is 1.51. The number of hydrogen-bond donors (Lipinski definition) is 2. The Hall–Kier alpha value is -1.52. The second kappa shape index (κ2) is 2.61. The van der Waals surface area contributed by atoms with E-state index in [4.69, 9.17) is 5.73 Å². The van der Waals surface area contributed by atoms with Gasteiger partial charge in [-0.25, -0.2) is 0 Å². The topological polar surface area (TPSA) is 72.9 Å². The first-order valence-electron chi connectivity index (χ1n) is 3.16. The number of nitrogens with zero attached hydrogens (tertiary/aromatic N) is 2. The first kappa shape index (κ1) is 7.59. The van der Waals surface area contributed by atoms with Gasteiger partial charge in [-0.2, -0.15) is 5.10 Å². The summed E-state index contributed by atoms with van der Waals surface area (Å²) in [6, 6.07) is 0. The lowest BCUT2D eigenvalue weighted by atomic mass is 10.5. The van der Waals surface area contributed by atoms with Gasteiger partial charge in [0.15, 0.2) is 5.82 Å². The van der Waals surface area contributed by atoms with E-state index in [0.29, 0.717) is 11.5 Å². The van der Waals surface area contributed by atoms with Gasteiger partial charge in [0.25, 0.3) is 0 Å². The summed E-state index contributed by atoms with van der Waals surface area (Å²) in [4.78, 5) is 10.6. The van der Waals surface area contributed by atoms with Crippen LogP contribution in [0.5, 0.6) is 0 Å². The van der Waals surface area contributed by atoms with Crippen molar-refractivity contribution in [1.29, 1.82) is 0 Å². The lowest BCUT2D eigenvalue weighted by Gasteiger charge is -2.01. The summed E-state index contributed by atoms with van der Waals surface area (Å²) in [6.07, 6.45) is 1.49. The van der Waals surface area contributed by atoms with Gasteiger partial charge in [0.1, 0.15) is 0 Å². The molecule has 1 aromatic heterocycles. The number of aryl methyl sites for hydroxylation is 1. The molecule has 1 rings (SSSR count). The van der Waals surface area contributed by atoms with Crippen LogP contribution in [0.15, 0.2) is 6.20 Å². The quantitative estimate of drug-likeness (QED) is 0.596. The van der Waals surface area contributed by atoms with E-state index in [1.165, 1.54) is 17.8 Å². The standard InChI is InChI=1S/C6H10N4O/c1-4(11)9-6-5(7)3-8-10(6)2/h3H,7H2,1-2H3,(H,9,11). The fourth-order valence-corrected chi connectivity index (χ4v) is 0.774. The van der Waals surface area contributed by atoms with Crippen LogP contribution in [-0.2, 0) is 11.8 Å². The molecule has 1 aromatic rings. The maximum absolute atomic E-state index is 10.6. The van der Waals surface area contributed by atoms with E-state index in [1.807, 2.05) is 0 Å². The van der Waals surface area contributed by atoms with E-state index in [9.17, 15) is 4.79 Å². The fourth-order valence-electron chi connectivity index (χ4n) is 0.774. The van der Waals surface area contributed by atoms with Crippen LogP contribution in [0, 0.1) is 0 Å². The molecule has 1 heterocycles. The molecule has 0 bridgehead atoms. The summed E-state index contributed by atoms with van der Waals surface area (Å²) in [7, 11) is 1.71. The molecule has 0 aliphatic carbocycles. The number of hydrogen-bond acceptors (Lipinski definition) is 3. The van der Waals surface area contributed by atoms with Crippen molar-refractivity contribution in [1.82, 2.24) is 9.78 Å². The van der Waals surface area contributed by atoms with Gasteiger partial charge in [-0.1, -0.05) is 0 Å². The van der Waals surface area contributed by atoms with Crippen LogP contribution >= 0.6 is 0 Å². The molecule has 0 atom stereocenters. The molecule has 0 unspecified atom stereocenters. The van der Waals surface area contributed by atoms with E-state index in [0.717, 1.165) is 0 Å². The average molecular weight is 154 g/mol. The number of aromatic nitrogens is 2. The zero-order chi connectivity index (χ0) is 8.43. The van der Waals surface area contributed by atoms with Gasteiger partial charge in [0.2, 0.25) is 5.91 Å². The SMILES string of the molecule is CC(=O)Nc1c(N)cnn1C. The third-order valence-corrected chi connectivity index (χ3v) is 1.26. The first-order chi connectivity index (χ1) is 5.11. The minimum absolute atomic E-state index is 0.152. The number of rotatable bonds is 1. The highest BCUT2D eigenvalue weighted by Gasteiger charge is 2.04. The van der Waals surface area contributed by atoms with Gasteiger partial charge in [0, 0.05) is 14.0 Å². The number of nitrogens with two attached hydrogens (primary N) is 1. The molecule has 0 fully saturated rings.